The number of hydrogen-bond acceptors (Lipinski definition) is 3. The van der Waals surface area contributed by atoms with Gasteiger partial charge in [-0.3, -0.25) is 4.79 Å². The van der Waals surface area contributed by atoms with Crippen molar-refractivity contribution in [2.45, 2.75) is 25.7 Å². The Morgan fingerprint density at radius 3 is 2.89 bits per heavy atom. The number of alkyl halides is 1. The second-order valence-electron chi connectivity index (χ2n) is 4.84. The van der Waals surface area contributed by atoms with E-state index in [-0.39, 0.29) is 11.3 Å². The fourth-order valence-corrected chi connectivity index (χ4v) is 3.59. The van der Waals surface area contributed by atoms with Gasteiger partial charge < -0.3 is 10.1 Å². The molecular formula is C13H18ClNO2S. The van der Waals surface area contributed by atoms with Crippen LogP contribution >= 0.6 is 22.9 Å². The summed E-state index contributed by atoms with van der Waals surface area (Å²) in [6.07, 6.45) is 4.65. The average Bonchev–Trinajstić information content (AvgIpc) is 3.05. The van der Waals surface area contributed by atoms with Gasteiger partial charge in [0.25, 0.3) is 5.91 Å². The molecule has 0 aliphatic heterocycles. The number of methoxy groups -OCH3 is 1. The van der Waals surface area contributed by atoms with Gasteiger partial charge in [0.1, 0.15) is 10.6 Å². The topological polar surface area (TPSA) is 38.3 Å². The molecule has 1 amide bonds. The number of thiophene rings is 1. The van der Waals surface area contributed by atoms with Crippen LogP contribution in [-0.4, -0.2) is 25.4 Å². The average molecular weight is 288 g/mol. The number of amides is 1. The Morgan fingerprint density at radius 2 is 2.28 bits per heavy atom. The molecule has 1 aliphatic rings. The number of halogens is 1. The molecule has 3 nitrogen and oxygen atoms in total. The van der Waals surface area contributed by atoms with Gasteiger partial charge in [0.05, 0.1) is 7.11 Å². The standard InChI is InChI=1S/C13H18ClNO2S/c1-17-10-4-7-18-11(10)12(16)15-9-13(8-14)5-2-3-6-13/h4,7H,2-3,5-6,8-9H2,1H3,(H,15,16). The van der Waals surface area contributed by atoms with Crippen LogP contribution in [0.4, 0.5) is 0 Å². The summed E-state index contributed by atoms with van der Waals surface area (Å²) in [5.41, 5.74) is 0.0989. The summed E-state index contributed by atoms with van der Waals surface area (Å²) >= 11 is 7.46. The highest BCUT2D eigenvalue weighted by atomic mass is 35.5. The molecule has 1 heterocycles. The van der Waals surface area contributed by atoms with Crippen LogP contribution in [-0.2, 0) is 0 Å². The molecule has 0 atom stereocenters. The first kappa shape index (κ1) is 13.7. The molecular weight excluding hydrogens is 270 g/mol. The predicted molar refractivity (Wildman–Crippen MR) is 74.8 cm³/mol. The second kappa shape index (κ2) is 5.93. The summed E-state index contributed by atoms with van der Waals surface area (Å²) in [6, 6.07) is 1.81. The first-order valence-electron chi connectivity index (χ1n) is 6.16. The third kappa shape index (κ3) is 2.81. The smallest absolute Gasteiger partial charge is 0.265 e. The predicted octanol–water partition coefficient (Wildman–Crippen LogP) is 3.29. The van der Waals surface area contributed by atoms with E-state index in [9.17, 15) is 4.79 Å². The Balaban J connectivity index is 1.96. The molecule has 0 bridgehead atoms. The van der Waals surface area contributed by atoms with Crippen LogP contribution in [0.2, 0.25) is 0 Å². The molecule has 0 radical (unpaired) electrons. The summed E-state index contributed by atoms with van der Waals surface area (Å²) in [4.78, 5) is 12.7. The second-order valence-corrected chi connectivity index (χ2v) is 6.02. The minimum atomic E-state index is -0.0572. The lowest BCUT2D eigenvalue weighted by Crippen LogP contribution is -2.37. The molecule has 2 rings (SSSR count). The van der Waals surface area contributed by atoms with Gasteiger partial charge >= 0.3 is 0 Å². The van der Waals surface area contributed by atoms with Crippen molar-refractivity contribution in [3.05, 3.63) is 16.3 Å². The van der Waals surface area contributed by atoms with Crippen LogP contribution in [0.3, 0.4) is 0 Å². The Hall–Kier alpha value is -0.740. The molecule has 0 spiro atoms. The molecule has 0 saturated heterocycles. The first-order valence-corrected chi connectivity index (χ1v) is 7.58. The molecule has 0 unspecified atom stereocenters. The summed E-state index contributed by atoms with van der Waals surface area (Å²) < 4.78 is 5.15. The SMILES string of the molecule is COc1ccsc1C(=O)NCC1(CCl)CCCC1. The summed E-state index contributed by atoms with van der Waals surface area (Å²) in [6.45, 7) is 0.663. The van der Waals surface area contributed by atoms with Crippen molar-refractivity contribution in [3.63, 3.8) is 0 Å². The maximum Gasteiger partial charge on any atom is 0.265 e. The molecule has 1 saturated carbocycles. The minimum absolute atomic E-state index is 0.0572. The highest BCUT2D eigenvalue weighted by Crippen LogP contribution is 2.38. The maximum absolute atomic E-state index is 12.1. The minimum Gasteiger partial charge on any atom is -0.495 e. The Morgan fingerprint density at radius 1 is 1.56 bits per heavy atom. The van der Waals surface area contributed by atoms with Crippen molar-refractivity contribution < 1.29 is 9.53 Å². The highest BCUT2D eigenvalue weighted by Gasteiger charge is 2.33. The van der Waals surface area contributed by atoms with E-state index < -0.39 is 0 Å². The lowest BCUT2D eigenvalue weighted by molar-refractivity contribution is 0.0936. The Bertz CT molecular complexity index is 413. The number of hydrogen-bond donors (Lipinski definition) is 1. The van der Waals surface area contributed by atoms with E-state index in [1.54, 1.807) is 7.11 Å². The fourth-order valence-electron chi connectivity index (χ4n) is 2.45. The molecule has 1 N–H and O–H groups in total. The van der Waals surface area contributed by atoms with E-state index in [2.05, 4.69) is 5.32 Å². The van der Waals surface area contributed by atoms with Gasteiger partial charge in [-0.25, -0.2) is 0 Å². The zero-order chi connectivity index (χ0) is 13.0. The maximum atomic E-state index is 12.1. The fraction of sp³-hybridized carbons (Fsp3) is 0.615. The van der Waals surface area contributed by atoms with E-state index in [1.807, 2.05) is 11.4 Å². The van der Waals surface area contributed by atoms with Gasteiger partial charge in [-0.05, 0) is 24.3 Å². The molecule has 100 valence electrons. The highest BCUT2D eigenvalue weighted by molar-refractivity contribution is 7.12. The van der Waals surface area contributed by atoms with E-state index >= 15 is 0 Å². The summed E-state index contributed by atoms with van der Waals surface area (Å²) in [7, 11) is 1.58. The molecule has 1 aromatic rings. The number of ether oxygens (including phenoxy) is 1. The van der Waals surface area contributed by atoms with Gasteiger partial charge in [-0.2, -0.15) is 0 Å². The van der Waals surface area contributed by atoms with E-state index in [4.69, 9.17) is 16.3 Å². The van der Waals surface area contributed by atoms with Gasteiger partial charge in [0.15, 0.2) is 0 Å². The molecule has 1 aliphatic carbocycles. The van der Waals surface area contributed by atoms with Crippen molar-refractivity contribution in [3.8, 4) is 5.75 Å². The van der Waals surface area contributed by atoms with Crippen LogP contribution in [0.1, 0.15) is 35.4 Å². The number of carbonyl (C=O) groups excluding carboxylic acids is 1. The largest absolute Gasteiger partial charge is 0.495 e. The van der Waals surface area contributed by atoms with Crippen molar-refractivity contribution in [1.82, 2.24) is 5.32 Å². The van der Waals surface area contributed by atoms with Crippen LogP contribution < -0.4 is 10.1 Å². The van der Waals surface area contributed by atoms with Crippen molar-refractivity contribution >= 4 is 28.8 Å². The third-order valence-corrected chi connectivity index (χ3v) is 5.09. The van der Waals surface area contributed by atoms with Crippen LogP contribution in [0.5, 0.6) is 5.75 Å². The molecule has 0 aromatic carbocycles. The van der Waals surface area contributed by atoms with Crippen LogP contribution in [0.15, 0.2) is 11.4 Å². The Kier molecular flexibility index (Phi) is 4.51. The number of nitrogens with one attached hydrogen (secondary N) is 1. The monoisotopic (exact) mass is 287 g/mol. The summed E-state index contributed by atoms with van der Waals surface area (Å²) in [5, 5.41) is 4.86. The molecule has 1 fully saturated rings. The lowest BCUT2D eigenvalue weighted by Gasteiger charge is -2.26. The first-order chi connectivity index (χ1) is 8.71. The quantitative estimate of drug-likeness (QED) is 0.844. The van der Waals surface area contributed by atoms with E-state index in [0.717, 1.165) is 12.8 Å². The zero-order valence-corrected chi connectivity index (χ0v) is 12.1. The lowest BCUT2D eigenvalue weighted by atomic mass is 9.88. The van der Waals surface area contributed by atoms with Gasteiger partial charge in [-0.1, -0.05) is 12.8 Å². The normalized spacial score (nSPS) is 17.7. The van der Waals surface area contributed by atoms with E-state index in [0.29, 0.717) is 23.1 Å². The van der Waals surface area contributed by atoms with Crippen molar-refractivity contribution in [2.24, 2.45) is 5.41 Å². The van der Waals surface area contributed by atoms with Gasteiger partial charge in [-0.15, -0.1) is 22.9 Å². The zero-order valence-electron chi connectivity index (χ0n) is 10.5. The van der Waals surface area contributed by atoms with Crippen molar-refractivity contribution in [2.75, 3.05) is 19.5 Å². The van der Waals surface area contributed by atoms with E-state index in [1.165, 1.54) is 24.2 Å². The number of carbonyl (C=O) groups is 1. The molecule has 1 aromatic heterocycles. The van der Waals surface area contributed by atoms with Gasteiger partial charge in [0.2, 0.25) is 0 Å². The number of rotatable bonds is 5. The van der Waals surface area contributed by atoms with Gasteiger partial charge in [0, 0.05) is 17.8 Å². The Labute approximate surface area is 116 Å². The summed E-state index contributed by atoms with van der Waals surface area (Å²) in [5.74, 6) is 1.21. The third-order valence-electron chi connectivity index (χ3n) is 3.63. The molecule has 18 heavy (non-hydrogen) atoms. The van der Waals surface area contributed by atoms with Crippen molar-refractivity contribution in [1.29, 1.82) is 0 Å². The van der Waals surface area contributed by atoms with Crippen LogP contribution in [0.25, 0.3) is 0 Å². The molecule has 5 heteroatoms. The van der Waals surface area contributed by atoms with Crippen LogP contribution in [0, 0.1) is 5.41 Å².